The maximum atomic E-state index is 12.4. The van der Waals surface area contributed by atoms with E-state index in [9.17, 15) is 9.59 Å². The Hall–Kier alpha value is -2.82. The molecule has 0 atom stereocenters. The molecule has 22 heavy (non-hydrogen) atoms. The minimum Gasteiger partial charge on any atom is -0.408 e. The molecule has 3 aromatic rings. The van der Waals surface area contributed by atoms with Crippen LogP contribution in [0.2, 0.25) is 0 Å². The number of nitrogens with one attached hydrogen (secondary N) is 1. The maximum absolute atomic E-state index is 12.4. The van der Waals surface area contributed by atoms with Crippen molar-refractivity contribution in [3.63, 3.8) is 0 Å². The van der Waals surface area contributed by atoms with E-state index in [1.54, 1.807) is 18.2 Å². The van der Waals surface area contributed by atoms with Crippen molar-refractivity contribution in [1.29, 1.82) is 0 Å². The van der Waals surface area contributed by atoms with Gasteiger partial charge in [-0.25, -0.2) is 4.79 Å². The number of rotatable bonds is 3. The van der Waals surface area contributed by atoms with Crippen molar-refractivity contribution in [2.75, 3.05) is 5.32 Å². The molecule has 0 aliphatic carbocycles. The lowest BCUT2D eigenvalue weighted by atomic mass is 10.1. The summed E-state index contributed by atoms with van der Waals surface area (Å²) in [6, 6.07) is 12.6. The van der Waals surface area contributed by atoms with Crippen LogP contribution in [0.5, 0.6) is 0 Å². The minimum absolute atomic E-state index is 0.215. The Balaban J connectivity index is 1.98. The van der Waals surface area contributed by atoms with Crippen LogP contribution in [-0.4, -0.2) is 10.5 Å². The van der Waals surface area contributed by atoms with E-state index in [0.717, 1.165) is 11.3 Å². The molecule has 0 fully saturated rings. The molecule has 0 aliphatic rings. The molecule has 0 saturated carbocycles. The number of aryl methyl sites for hydroxylation is 2. The first-order valence-electron chi connectivity index (χ1n) is 7.10. The summed E-state index contributed by atoms with van der Waals surface area (Å²) >= 11 is 0. The van der Waals surface area contributed by atoms with E-state index in [4.69, 9.17) is 4.42 Å². The zero-order chi connectivity index (χ0) is 15.7. The van der Waals surface area contributed by atoms with Gasteiger partial charge < -0.3 is 9.73 Å². The molecule has 5 heteroatoms. The zero-order valence-corrected chi connectivity index (χ0v) is 12.4. The van der Waals surface area contributed by atoms with Crippen molar-refractivity contribution < 1.29 is 9.21 Å². The van der Waals surface area contributed by atoms with Crippen LogP contribution in [0.3, 0.4) is 0 Å². The first-order valence-corrected chi connectivity index (χ1v) is 7.10. The first kappa shape index (κ1) is 14.1. The van der Waals surface area contributed by atoms with Crippen LogP contribution in [0.4, 0.5) is 5.69 Å². The number of hydrogen-bond acceptors (Lipinski definition) is 3. The van der Waals surface area contributed by atoms with Gasteiger partial charge in [-0.15, -0.1) is 0 Å². The van der Waals surface area contributed by atoms with Gasteiger partial charge in [0, 0.05) is 17.8 Å². The molecule has 1 N–H and O–H groups in total. The number of carbonyl (C=O) groups excluding carboxylic acids is 1. The lowest BCUT2D eigenvalue weighted by molar-refractivity contribution is 0.102. The Morgan fingerprint density at radius 3 is 2.73 bits per heavy atom. The molecule has 0 radical (unpaired) electrons. The fourth-order valence-electron chi connectivity index (χ4n) is 2.41. The highest BCUT2D eigenvalue weighted by molar-refractivity contribution is 6.06. The summed E-state index contributed by atoms with van der Waals surface area (Å²) in [5.41, 5.74) is 3.36. The van der Waals surface area contributed by atoms with E-state index in [1.807, 2.05) is 38.1 Å². The number of oxazole rings is 1. The summed E-state index contributed by atoms with van der Waals surface area (Å²) in [7, 11) is 0. The van der Waals surface area contributed by atoms with Crippen LogP contribution in [0.15, 0.2) is 51.7 Å². The molecule has 112 valence electrons. The number of fused-ring (bicyclic) bond motifs is 1. The van der Waals surface area contributed by atoms with E-state index in [-0.39, 0.29) is 5.91 Å². The average Bonchev–Trinajstić information content (AvgIpc) is 2.83. The van der Waals surface area contributed by atoms with Gasteiger partial charge in [-0.05, 0) is 43.7 Å². The second-order valence-corrected chi connectivity index (χ2v) is 5.06. The van der Waals surface area contributed by atoms with E-state index in [0.29, 0.717) is 23.2 Å². The molecule has 0 unspecified atom stereocenters. The van der Waals surface area contributed by atoms with Crippen LogP contribution in [0.25, 0.3) is 11.1 Å². The highest BCUT2D eigenvalue weighted by Gasteiger charge is 2.12. The summed E-state index contributed by atoms with van der Waals surface area (Å²) in [4.78, 5) is 24.1. The molecule has 1 amide bonds. The lowest BCUT2D eigenvalue weighted by Crippen LogP contribution is -2.14. The van der Waals surface area contributed by atoms with E-state index in [1.165, 1.54) is 4.57 Å². The Kier molecular flexibility index (Phi) is 3.55. The summed E-state index contributed by atoms with van der Waals surface area (Å²) in [6.45, 7) is 4.29. The van der Waals surface area contributed by atoms with Crippen molar-refractivity contribution in [2.45, 2.75) is 20.4 Å². The quantitative estimate of drug-likeness (QED) is 0.807. The first-order chi connectivity index (χ1) is 10.6. The molecule has 1 heterocycles. The van der Waals surface area contributed by atoms with E-state index in [2.05, 4.69) is 5.32 Å². The zero-order valence-electron chi connectivity index (χ0n) is 12.4. The normalized spacial score (nSPS) is 10.8. The number of carbonyl (C=O) groups is 1. The predicted octanol–water partition coefficient (Wildman–Crippen LogP) is 3.18. The molecular formula is C17H16N2O3. The molecule has 0 aliphatic heterocycles. The highest BCUT2D eigenvalue weighted by Crippen LogP contribution is 2.18. The summed E-state index contributed by atoms with van der Waals surface area (Å²) in [6.07, 6.45) is 0. The number of benzene rings is 2. The van der Waals surface area contributed by atoms with Gasteiger partial charge in [-0.1, -0.05) is 18.2 Å². The summed E-state index contributed by atoms with van der Waals surface area (Å²) in [5, 5.41) is 2.88. The van der Waals surface area contributed by atoms with E-state index >= 15 is 0 Å². The van der Waals surface area contributed by atoms with Gasteiger partial charge in [0.2, 0.25) is 0 Å². The number of aromatic nitrogens is 1. The van der Waals surface area contributed by atoms with Gasteiger partial charge in [0.15, 0.2) is 5.58 Å². The molecule has 0 bridgehead atoms. The molecule has 0 spiro atoms. The van der Waals surface area contributed by atoms with Crippen LogP contribution < -0.4 is 11.1 Å². The molecule has 5 nitrogen and oxygen atoms in total. The topological polar surface area (TPSA) is 64.2 Å². The molecule has 1 aromatic heterocycles. The molecule has 2 aromatic carbocycles. The second-order valence-electron chi connectivity index (χ2n) is 5.06. The van der Waals surface area contributed by atoms with Gasteiger partial charge in [-0.2, -0.15) is 0 Å². The Morgan fingerprint density at radius 2 is 2.00 bits per heavy atom. The minimum atomic E-state index is -0.408. The largest absolute Gasteiger partial charge is 0.419 e. The summed E-state index contributed by atoms with van der Waals surface area (Å²) < 4.78 is 6.64. The SMILES string of the molecule is CCn1c(=O)oc2ccc(C(=O)Nc3ccccc3C)cc21. The predicted molar refractivity (Wildman–Crippen MR) is 85.3 cm³/mol. The standard InChI is InChI=1S/C17H16N2O3/c1-3-19-14-10-12(8-9-15(14)22-17(19)21)16(20)18-13-7-5-4-6-11(13)2/h4-10H,3H2,1-2H3,(H,18,20). The second kappa shape index (κ2) is 5.52. The van der Waals surface area contributed by atoms with Gasteiger partial charge in [-0.3, -0.25) is 9.36 Å². The van der Waals surface area contributed by atoms with Crippen molar-refractivity contribution in [2.24, 2.45) is 0 Å². The number of hydrogen-bond donors (Lipinski definition) is 1. The van der Waals surface area contributed by atoms with Crippen molar-refractivity contribution in [1.82, 2.24) is 4.57 Å². The smallest absolute Gasteiger partial charge is 0.408 e. The van der Waals surface area contributed by atoms with Crippen LogP contribution in [0.1, 0.15) is 22.8 Å². The molecule has 0 saturated heterocycles. The highest BCUT2D eigenvalue weighted by atomic mass is 16.4. The molecule has 3 rings (SSSR count). The maximum Gasteiger partial charge on any atom is 0.419 e. The van der Waals surface area contributed by atoms with Crippen molar-refractivity contribution >= 4 is 22.7 Å². The monoisotopic (exact) mass is 296 g/mol. The molecular weight excluding hydrogens is 280 g/mol. The van der Waals surface area contributed by atoms with Gasteiger partial charge >= 0.3 is 5.76 Å². The Labute approximate surface area is 127 Å². The van der Waals surface area contributed by atoms with Crippen molar-refractivity contribution in [3.8, 4) is 0 Å². The number of para-hydroxylation sites is 1. The third kappa shape index (κ3) is 2.41. The Bertz CT molecular complexity index is 906. The third-order valence-electron chi connectivity index (χ3n) is 3.64. The number of amides is 1. The fraction of sp³-hybridized carbons (Fsp3) is 0.176. The van der Waals surface area contributed by atoms with Crippen LogP contribution in [-0.2, 0) is 6.54 Å². The van der Waals surface area contributed by atoms with Crippen LogP contribution >= 0.6 is 0 Å². The average molecular weight is 296 g/mol. The van der Waals surface area contributed by atoms with Gasteiger partial charge in [0.25, 0.3) is 5.91 Å². The van der Waals surface area contributed by atoms with E-state index < -0.39 is 5.76 Å². The fourth-order valence-corrected chi connectivity index (χ4v) is 2.41. The summed E-state index contributed by atoms with van der Waals surface area (Å²) in [5.74, 6) is -0.624. The van der Waals surface area contributed by atoms with Crippen LogP contribution in [0, 0.1) is 6.92 Å². The van der Waals surface area contributed by atoms with Crippen molar-refractivity contribution in [3.05, 3.63) is 64.1 Å². The lowest BCUT2D eigenvalue weighted by Gasteiger charge is -2.08. The van der Waals surface area contributed by atoms with Gasteiger partial charge in [0.05, 0.1) is 5.52 Å². The number of nitrogens with zero attached hydrogens (tertiary/aromatic N) is 1. The van der Waals surface area contributed by atoms with Gasteiger partial charge in [0.1, 0.15) is 0 Å². The third-order valence-corrected chi connectivity index (χ3v) is 3.64. The Morgan fingerprint density at radius 1 is 1.23 bits per heavy atom. The number of anilines is 1.